The lowest BCUT2D eigenvalue weighted by atomic mass is 9.92. The van der Waals surface area contributed by atoms with Crippen molar-refractivity contribution < 1.29 is 53.8 Å². The summed E-state index contributed by atoms with van der Waals surface area (Å²) in [5.74, 6) is -1.50. The molecular formula is C19H7Cl2F10N3O2. The molecule has 0 aliphatic rings. The Morgan fingerprint density at radius 3 is 1.94 bits per heavy atom. The Kier molecular flexibility index (Phi) is 6.72. The molecule has 17 heteroatoms. The van der Waals surface area contributed by atoms with Crippen LogP contribution < -0.4 is 0 Å². The minimum Gasteiger partial charge on any atom is -0.478 e. The Hall–Kier alpha value is -3.07. The van der Waals surface area contributed by atoms with Gasteiger partial charge in [0, 0.05) is 29.1 Å². The quantitative estimate of drug-likeness (QED) is 0.265. The van der Waals surface area contributed by atoms with Gasteiger partial charge in [0.15, 0.2) is 0 Å². The fraction of sp³-hybridized carbons (Fsp3) is 0.211. The van der Waals surface area contributed by atoms with E-state index in [0.717, 1.165) is 24.7 Å². The van der Waals surface area contributed by atoms with E-state index in [1.54, 1.807) is 0 Å². The predicted molar refractivity (Wildman–Crippen MR) is 104 cm³/mol. The van der Waals surface area contributed by atoms with Crippen LogP contribution in [0.1, 0.15) is 21.5 Å². The van der Waals surface area contributed by atoms with Gasteiger partial charge in [0.2, 0.25) is 0 Å². The molecule has 2 aromatic heterocycles. The Morgan fingerprint density at radius 2 is 1.44 bits per heavy atom. The zero-order valence-corrected chi connectivity index (χ0v) is 18.2. The first kappa shape index (κ1) is 27.5. The van der Waals surface area contributed by atoms with E-state index in [1.165, 1.54) is 0 Å². The first-order chi connectivity index (χ1) is 16.3. The minimum absolute atomic E-state index is 0.0266. The molecule has 0 unspecified atom stereocenters. The van der Waals surface area contributed by atoms with Crippen molar-refractivity contribution in [2.45, 2.75) is 24.2 Å². The van der Waals surface area contributed by atoms with E-state index >= 15 is 0 Å². The van der Waals surface area contributed by atoms with Crippen LogP contribution in [0, 0.1) is 0 Å². The van der Waals surface area contributed by atoms with Crippen LogP contribution in [-0.4, -0.2) is 38.2 Å². The van der Waals surface area contributed by atoms with Gasteiger partial charge in [-0.1, -0.05) is 23.2 Å². The van der Waals surface area contributed by atoms with Gasteiger partial charge in [-0.25, -0.2) is 18.9 Å². The Morgan fingerprint density at radius 1 is 0.861 bits per heavy atom. The highest BCUT2D eigenvalue weighted by Gasteiger charge is 2.73. The predicted octanol–water partition coefficient (Wildman–Crippen LogP) is 7.25. The molecule has 1 N–H and O–H groups in total. The van der Waals surface area contributed by atoms with Crippen molar-refractivity contribution in [3.8, 4) is 16.8 Å². The monoisotopic (exact) mass is 569 g/mol. The molecule has 194 valence electrons. The largest absolute Gasteiger partial charge is 0.478 e. The summed E-state index contributed by atoms with van der Waals surface area (Å²) in [4.78, 5) is 14.8. The number of carbonyl (C=O) groups is 1. The van der Waals surface area contributed by atoms with Gasteiger partial charge in [-0.05, 0) is 18.2 Å². The lowest BCUT2D eigenvalue weighted by molar-refractivity contribution is -0.348. The van der Waals surface area contributed by atoms with Gasteiger partial charge in [-0.3, -0.25) is 0 Å². The van der Waals surface area contributed by atoms with Crippen molar-refractivity contribution in [3.63, 3.8) is 0 Å². The molecule has 0 atom stereocenters. The third-order valence-electron chi connectivity index (χ3n) is 4.76. The van der Waals surface area contributed by atoms with Gasteiger partial charge >= 0.3 is 30.2 Å². The van der Waals surface area contributed by atoms with Crippen molar-refractivity contribution in [1.82, 2.24) is 14.8 Å². The number of aromatic nitrogens is 3. The molecule has 0 saturated heterocycles. The SMILES string of the molecule is O=C(O)c1cc(-c2cnn(-c3c(Cl)cc(C(F)(C(F)(F)F)C(F)(F)F)cc3C(F)(F)F)c2)cnc1Cl. The summed E-state index contributed by atoms with van der Waals surface area (Å²) in [5, 5.41) is 10.9. The van der Waals surface area contributed by atoms with Gasteiger partial charge in [0.25, 0.3) is 0 Å². The number of carboxylic acids is 1. The van der Waals surface area contributed by atoms with E-state index < -0.39 is 68.8 Å². The first-order valence-corrected chi connectivity index (χ1v) is 9.72. The van der Waals surface area contributed by atoms with Crippen LogP contribution in [0.25, 0.3) is 16.8 Å². The van der Waals surface area contributed by atoms with Gasteiger partial charge < -0.3 is 5.11 Å². The average molecular weight is 570 g/mol. The summed E-state index contributed by atoms with van der Waals surface area (Å²) in [7, 11) is 0. The molecular weight excluding hydrogens is 563 g/mol. The number of nitrogens with zero attached hydrogens (tertiary/aromatic N) is 3. The Labute approximate surface area is 202 Å². The van der Waals surface area contributed by atoms with Crippen LogP contribution in [0.4, 0.5) is 43.9 Å². The summed E-state index contributed by atoms with van der Waals surface area (Å²) in [5.41, 5.74) is -12.6. The summed E-state index contributed by atoms with van der Waals surface area (Å²) in [6, 6.07) is 0.0925. The van der Waals surface area contributed by atoms with E-state index in [0.29, 0.717) is 4.68 Å². The number of hydrogen-bond acceptors (Lipinski definition) is 3. The van der Waals surface area contributed by atoms with Crippen molar-refractivity contribution in [2.24, 2.45) is 0 Å². The summed E-state index contributed by atoms with van der Waals surface area (Å²) in [6.07, 6.45) is -16.3. The molecule has 1 aromatic carbocycles. The molecule has 0 bridgehead atoms. The Bertz CT molecular complexity index is 1320. The van der Waals surface area contributed by atoms with E-state index in [9.17, 15) is 48.7 Å². The smallest absolute Gasteiger partial charge is 0.435 e. The molecule has 0 aliphatic heterocycles. The maximum Gasteiger partial charge on any atom is 0.435 e. The number of hydrogen-bond donors (Lipinski definition) is 1. The van der Waals surface area contributed by atoms with Gasteiger partial charge in [0.1, 0.15) is 5.15 Å². The van der Waals surface area contributed by atoms with Crippen LogP contribution in [-0.2, 0) is 11.8 Å². The summed E-state index contributed by atoms with van der Waals surface area (Å²) < 4.78 is 134. The third-order valence-corrected chi connectivity index (χ3v) is 5.35. The molecule has 0 saturated carbocycles. The summed E-state index contributed by atoms with van der Waals surface area (Å²) in [6.45, 7) is 0. The van der Waals surface area contributed by atoms with Crippen molar-refractivity contribution in [3.05, 3.63) is 63.7 Å². The number of aromatic carboxylic acids is 1. The zero-order chi connectivity index (χ0) is 27.4. The summed E-state index contributed by atoms with van der Waals surface area (Å²) >= 11 is 11.3. The van der Waals surface area contributed by atoms with Crippen LogP contribution in [0.15, 0.2) is 36.8 Å². The maximum atomic E-state index is 14.4. The van der Waals surface area contributed by atoms with Gasteiger partial charge in [-0.15, -0.1) is 0 Å². The fourth-order valence-electron chi connectivity index (χ4n) is 3.09. The fourth-order valence-corrected chi connectivity index (χ4v) is 3.58. The first-order valence-electron chi connectivity index (χ1n) is 8.97. The average Bonchev–Trinajstić information content (AvgIpc) is 3.20. The van der Waals surface area contributed by atoms with Crippen molar-refractivity contribution in [1.29, 1.82) is 0 Å². The highest BCUT2D eigenvalue weighted by Crippen LogP contribution is 2.55. The Balaban J connectivity index is 2.24. The normalized spacial score (nSPS) is 13.2. The molecule has 0 fully saturated rings. The highest BCUT2D eigenvalue weighted by atomic mass is 35.5. The van der Waals surface area contributed by atoms with Crippen LogP contribution >= 0.6 is 23.2 Å². The number of pyridine rings is 1. The number of halogens is 12. The topological polar surface area (TPSA) is 68.0 Å². The molecule has 0 radical (unpaired) electrons. The van der Waals surface area contributed by atoms with Gasteiger partial charge in [-0.2, -0.15) is 44.6 Å². The number of rotatable bonds is 4. The molecule has 5 nitrogen and oxygen atoms in total. The van der Waals surface area contributed by atoms with E-state index in [2.05, 4.69) is 10.1 Å². The second kappa shape index (κ2) is 8.80. The second-order valence-electron chi connectivity index (χ2n) is 7.05. The van der Waals surface area contributed by atoms with E-state index in [-0.39, 0.29) is 17.2 Å². The minimum atomic E-state index is -6.68. The van der Waals surface area contributed by atoms with Crippen LogP contribution in [0.3, 0.4) is 0 Å². The van der Waals surface area contributed by atoms with Crippen molar-refractivity contribution in [2.75, 3.05) is 0 Å². The second-order valence-corrected chi connectivity index (χ2v) is 7.81. The van der Waals surface area contributed by atoms with Gasteiger partial charge in [0.05, 0.1) is 28.0 Å². The molecule has 0 aliphatic carbocycles. The molecule has 36 heavy (non-hydrogen) atoms. The molecule has 0 amide bonds. The maximum absolute atomic E-state index is 14.4. The molecule has 0 spiro atoms. The highest BCUT2D eigenvalue weighted by molar-refractivity contribution is 6.33. The lowest BCUT2D eigenvalue weighted by Gasteiger charge is -2.31. The zero-order valence-electron chi connectivity index (χ0n) is 16.7. The molecule has 2 heterocycles. The molecule has 3 rings (SSSR count). The standard InChI is InChI=1S/C19H7Cl2F10N3O2/c20-12-3-9(16(22,18(26,27)28)19(29,30)31)2-11(17(23,24)25)13(12)34-6-8(5-33-34)7-1-10(15(35)36)14(21)32-4-7/h1-6H,(H,35,36). The van der Waals surface area contributed by atoms with Crippen LogP contribution in [0.5, 0.6) is 0 Å². The van der Waals surface area contributed by atoms with E-state index in [4.69, 9.17) is 28.3 Å². The van der Waals surface area contributed by atoms with E-state index in [1.807, 2.05) is 0 Å². The number of benzene rings is 1. The number of carboxylic acid groups (broad SMARTS) is 1. The lowest BCUT2D eigenvalue weighted by Crippen LogP contribution is -2.50. The third kappa shape index (κ3) is 4.68. The molecule has 3 aromatic rings. The number of alkyl halides is 10. The van der Waals surface area contributed by atoms with Crippen LogP contribution in [0.2, 0.25) is 10.2 Å². The van der Waals surface area contributed by atoms with Crippen molar-refractivity contribution >= 4 is 29.2 Å².